The largest absolute Gasteiger partial charge is 0.350 e. The van der Waals surface area contributed by atoms with E-state index in [9.17, 15) is 9.59 Å². The summed E-state index contributed by atoms with van der Waals surface area (Å²) in [4.78, 5) is 28.7. The van der Waals surface area contributed by atoms with E-state index in [1.165, 1.54) is 16.7 Å². The molecule has 1 fully saturated rings. The van der Waals surface area contributed by atoms with Crippen LogP contribution in [0.2, 0.25) is 0 Å². The van der Waals surface area contributed by atoms with Crippen molar-refractivity contribution in [3.05, 3.63) is 87.3 Å². The highest BCUT2D eigenvalue weighted by molar-refractivity contribution is 8.27. The molecule has 1 amide bonds. The first-order chi connectivity index (χ1) is 15.4. The summed E-state index contributed by atoms with van der Waals surface area (Å²) >= 11 is 6.77. The third-order valence-corrected chi connectivity index (χ3v) is 7.06. The number of thioether (sulfide) groups is 1. The number of aryl methyl sites for hydroxylation is 1. The van der Waals surface area contributed by atoms with Gasteiger partial charge in [-0.1, -0.05) is 60.4 Å². The first-order valence-corrected chi connectivity index (χ1v) is 11.3. The van der Waals surface area contributed by atoms with Crippen LogP contribution in [0.25, 0.3) is 22.7 Å². The Morgan fingerprint density at radius 3 is 2.41 bits per heavy atom. The highest BCUT2D eigenvalue weighted by Crippen LogP contribution is 2.37. The van der Waals surface area contributed by atoms with Crippen molar-refractivity contribution >= 4 is 56.9 Å². The second kappa shape index (κ2) is 7.65. The molecule has 0 saturated carbocycles. The summed E-state index contributed by atoms with van der Waals surface area (Å²) in [6, 6.07) is 17.4. The van der Waals surface area contributed by atoms with Crippen molar-refractivity contribution in [1.29, 1.82) is 0 Å². The molecule has 0 spiro atoms. The molecule has 32 heavy (non-hydrogen) atoms. The maximum Gasteiger partial charge on any atom is 0.296 e. The topological polar surface area (TPSA) is 52.2 Å². The van der Waals surface area contributed by atoms with E-state index in [-0.39, 0.29) is 11.5 Å². The molecule has 0 bridgehead atoms. The lowest BCUT2D eigenvalue weighted by molar-refractivity contribution is -0.113. The van der Waals surface area contributed by atoms with Gasteiger partial charge in [0.05, 0.1) is 16.3 Å². The van der Waals surface area contributed by atoms with E-state index < -0.39 is 0 Å². The van der Waals surface area contributed by atoms with Gasteiger partial charge in [0.15, 0.2) is 4.32 Å². The van der Waals surface area contributed by atoms with Crippen molar-refractivity contribution in [2.45, 2.75) is 6.92 Å². The molecule has 0 unspecified atom stereocenters. The van der Waals surface area contributed by atoms with Crippen molar-refractivity contribution in [2.24, 2.45) is 14.1 Å². The van der Waals surface area contributed by atoms with Crippen LogP contribution in [0.4, 0.5) is 5.69 Å². The number of carbonyl (C=O) groups excluding carboxylic acids is 1. The molecule has 2 aromatic heterocycles. The van der Waals surface area contributed by atoms with Gasteiger partial charge in [-0.15, -0.1) is 0 Å². The number of thiocarbonyl (C=S) groups is 1. The number of aromatic nitrogens is 3. The zero-order chi connectivity index (χ0) is 22.6. The number of hydrogen-bond donors (Lipinski definition) is 0. The third kappa shape index (κ3) is 3.06. The molecule has 3 heterocycles. The second-order valence-electron chi connectivity index (χ2n) is 7.64. The van der Waals surface area contributed by atoms with Crippen LogP contribution >= 0.6 is 24.0 Å². The van der Waals surface area contributed by atoms with Crippen LogP contribution in [0.15, 0.2) is 70.5 Å². The van der Waals surface area contributed by atoms with Gasteiger partial charge >= 0.3 is 0 Å². The van der Waals surface area contributed by atoms with E-state index in [0.29, 0.717) is 20.6 Å². The van der Waals surface area contributed by atoms with Crippen LogP contribution < -0.4 is 10.5 Å². The summed E-state index contributed by atoms with van der Waals surface area (Å²) in [5, 5.41) is 1.06. The molecular weight excluding hydrogens is 440 g/mol. The molecule has 0 radical (unpaired) electrons. The Hall–Kier alpha value is -3.36. The molecule has 6 nitrogen and oxygen atoms in total. The molecule has 2 aromatic carbocycles. The zero-order valence-electron chi connectivity index (χ0n) is 17.8. The molecule has 0 atom stereocenters. The van der Waals surface area contributed by atoms with Crippen molar-refractivity contribution in [3.63, 3.8) is 0 Å². The summed E-state index contributed by atoms with van der Waals surface area (Å²) in [6.07, 6.45) is 3.85. The quantitative estimate of drug-likeness (QED) is 0.336. The minimum atomic E-state index is -0.279. The van der Waals surface area contributed by atoms with Crippen molar-refractivity contribution in [1.82, 2.24) is 13.9 Å². The third-order valence-electron chi connectivity index (χ3n) is 5.76. The smallest absolute Gasteiger partial charge is 0.296 e. The molecule has 0 N–H and O–H groups in total. The van der Waals surface area contributed by atoms with Gasteiger partial charge in [-0.05, 0) is 31.2 Å². The first kappa shape index (κ1) is 20.5. The monoisotopic (exact) mass is 460 g/mol. The summed E-state index contributed by atoms with van der Waals surface area (Å²) in [7, 11) is 3.78. The van der Waals surface area contributed by atoms with Gasteiger partial charge in [0.25, 0.3) is 11.5 Å². The fraction of sp³-hybridized carbons (Fsp3) is 0.125. The average Bonchev–Trinajstić information content (AvgIpc) is 3.33. The number of anilines is 1. The van der Waals surface area contributed by atoms with Crippen LogP contribution in [-0.4, -0.2) is 24.2 Å². The Morgan fingerprint density at radius 1 is 0.969 bits per heavy atom. The lowest BCUT2D eigenvalue weighted by Gasteiger charge is -2.12. The van der Waals surface area contributed by atoms with E-state index >= 15 is 0 Å². The van der Waals surface area contributed by atoms with Gasteiger partial charge in [-0.2, -0.15) is 0 Å². The highest BCUT2D eigenvalue weighted by atomic mass is 32.2. The molecule has 0 aliphatic carbocycles. The fourth-order valence-electron chi connectivity index (χ4n) is 4.10. The molecule has 4 aromatic rings. The van der Waals surface area contributed by atoms with Crippen molar-refractivity contribution in [3.8, 4) is 5.69 Å². The number of amides is 1. The number of fused-ring (bicyclic) bond motifs is 1. The van der Waals surface area contributed by atoms with E-state index in [1.807, 2.05) is 85.4 Å². The Kier molecular flexibility index (Phi) is 4.91. The summed E-state index contributed by atoms with van der Waals surface area (Å²) in [5.74, 6) is -0.279. The molecule has 1 saturated heterocycles. The van der Waals surface area contributed by atoms with Gasteiger partial charge in [0.2, 0.25) is 0 Å². The minimum Gasteiger partial charge on any atom is -0.350 e. The van der Waals surface area contributed by atoms with Crippen LogP contribution in [0.3, 0.4) is 0 Å². The van der Waals surface area contributed by atoms with Gasteiger partial charge in [0.1, 0.15) is 5.69 Å². The van der Waals surface area contributed by atoms with Crippen LogP contribution in [-0.2, 0) is 18.9 Å². The van der Waals surface area contributed by atoms with E-state index in [2.05, 4.69) is 0 Å². The lowest BCUT2D eigenvalue weighted by atomic mass is 10.1. The van der Waals surface area contributed by atoms with Crippen LogP contribution in [0.5, 0.6) is 0 Å². The van der Waals surface area contributed by atoms with Gasteiger partial charge in [0, 0.05) is 36.8 Å². The predicted octanol–water partition coefficient (Wildman–Crippen LogP) is 4.38. The highest BCUT2D eigenvalue weighted by Gasteiger charge is 2.37. The maximum atomic E-state index is 13.4. The SMILES string of the molecule is Cc1c(N2C(=O)/C(=C/c3cn(C)c4ccccc34)SC2=S)c(=O)n(-c2ccccc2)n1C. The molecule has 160 valence electrons. The minimum absolute atomic E-state index is 0.279. The van der Waals surface area contributed by atoms with E-state index in [1.54, 1.807) is 16.4 Å². The Labute approximate surface area is 194 Å². The Balaban J connectivity index is 1.60. The van der Waals surface area contributed by atoms with Crippen molar-refractivity contribution in [2.75, 3.05) is 4.90 Å². The average molecular weight is 461 g/mol. The van der Waals surface area contributed by atoms with Crippen molar-refractivity contribution < 1.29 is 4.79 Å². The number of hydrogen-bond acceptors (Lipinski definition) is 4. The van der Waals surface area contributed by atoms with Crippen LogP contribution in [0, 0.1) is 6.92 Å². The van der Waals surface area contributed by atoms with Gasteiger partial charge in [-0.3, -0.25) is 19.2 Å². The maximum absolute atomic E-state index is 13.4. The van der Waals surface area contributed by atoms with E-state index in [4.69, 9.17) is 12.2 Å². The van der Waals surface area contributed by atoms with E-state index in [0.717, 1.165) is 22.2 Å². The van der Waals surface area contributed by atoms with Gasteiger partial charge < -0.3 is 4.57 Å². The number of benzene rings is 2. The Bertz CT molecular complexity index is 1490. The molecule has 1 aliphatic heterocycles. The number of carbonyl (C=O) groups is 1. The molecule has 1 aliphatic rings. The number of rotatable bonds is 3. The summed E-state index contributed by atoms with van der Waals surface area (Å²) < 4.78 is 5.69. The summed E-state index contributed by atoms with van der Waals surface area (Å²) in [6.45, 7) is 1.82. The fourth-order valence-corrected chi connectivity index (χ4v) is 5.36. The normalized spacial score (nSPS) is 15.5. The van der Waals surface area contributed by atoms with Gasteiger partial charge in [-0.25, -0.2) is 4.68 Å². The number of nitrogens with zero attached hydrogens (tertiary/aromatic N) is 4. The predicted molar refractivity (Wildman–Crippen MR) is 134 cm³/mol. The Morgan fingerprint density at radius 2 is 1.66 bits per heavy atom. The molecule has 5 rings (SSSR count). The second-order valence-corrected chi connectivity index (χ2v) is 9.32. The molecule has 8 heteroatoms. The zero-order valence-corrected chi connectivity index (χ0v) is 19.4. The molecular formula is C24H20N4O2S2. The van der Waals surface area contributed by atoms with Crippen LogP contribution in [0.1, 0.15) is 11.3 Å². The summed E-state index contributed by atoms with van der Waals surface area (Å²) in [5.41, 5.74) is 3.43. The first-order valence-electron chi connectivity index (χ1n) is 10.0. The lowest BCUT2D eigenvalue weighted by Crippen LogP contribution is -2.33. The number of para-hydroxylation sites is 2. The standard InChI is InChI=1S/C24H20N4O2S2/c1-15-21(23(30)28(26(15)3)17-9-5-4-6-10-17)27-22(29)20(32-24(27)31)13-16-14-25(2)19-12-8-7-11-18(16)19/h4-14H,1-3H3/b20-13-.